The van der Waals surface area contributed by atoms with Crippen LogP contribution in [-0.4, -0.2) is 29.5 Å². The maximum atomic E-state index is 10.9. The highest BCUT2D eigenvalue weighted by Gasteiger charge is 2.42. The number of nitrogens with zero attached hydrogens (tertiary/aromatic N) is 1. The predicted molar refractivity (Wildman–Crippen MR) is 87.8 cm³/mol. The number of aromatic nitrogens is 1. The Kier molecular flexibility index (Phi) is 5.46. The number of amides is 1. The van der Waals surface area contributed by atoms with E-state index in [2.05, 4.69) is 15.8 Å². The van der Waals surface area contributed by atoms with Crippen LogP contribution in [0.25, 0.3) is 0 Å². The summed E-state index contributed by atoms with van der Waals surface area (Å²) in [5, 5.41) is 3.08. The van der Waals surface area contributed by atoms with Gasteiger partial charge in [0.25, 0.3) is 0 Å². The van der Waals surface area contributed by atoms with Crippen molar-refractivity contribution in [1.29, 1.82) is 0 Å². The molecule has 1 aliphatic carbocycles. The second kappa shape index (κ2) is 7.33. The van der Waals surface area contributed by atoms with Gasteiger partial charge in [-0.3, -0.25) is 20.1 Å². The van der Waals surface area contributed by atoms with Crippen LogP contribution >= 0.6 is 12.2 Å². The summed E-state index contributed by atoms with van der Waals surface area (Å²) in [6, 6.07) is 3.87. The lowest BCUT2D eigenvalue weighted by Crippen LogP contribution is -2.48. The molecular formula is C15H20N4O2S. The second-order valence-corrected chi connectivity index (χ2v) is 5.50. The number of pyridine rings is 1. The second-order valence-electron chi connectivity index (χ2n) is 5.09. The number of rotatable bonds is 6. The molecule has 1 aliphatic rings. The van der Waals surface area contributed by atoms with E-state index in [4.69, 9.17) is 22.8 Å². The van der Waals surface area contributed by atoms with Gasteiger partial charge in [-0.25, -0.2) is 0 Å². The lowest BCUT2D eigenvalue weighted by molar-refractivity contribution is -0.124. The fraction of sp³-hybridized carbons (Fsp3) is 0.400. The Morgan fingerprint density at radius 2 is 2.41 bits per heavy atom. The number of nitrogens with two attached hydrogens (primary N) is 1. The van der Waals surface area contributed by atoms with E-state index in [-0.39, 0.29) is 6.61 Å². The molecule has 0 spiro atoms. The Bertz CT molecular complexity index is 576. The Morgan fingerprint density at radius 3 is 3.05 bits per heavy atom. The number of hydrogen-bond donors (Lipinski definition) is 3. The third-order valence-electron chi connectivity index (χ3n) is 3.73. The van der Waals surface area contributed by atoms with E-state index in [0.717, 1.165) is 30.5 Å². The van der Waals surface area contributed by atoms with Gasteiger partial charge >= 0.3 is 0 Å². The molecule has 6 nitrogen and oxygen atoms in total. The van der Waals surface area contributed by atoms with Crippen molar-refractivity contribution in [2.75, 3.05) is 13.7 Å². The van der Waals surface area contributed by atoms with E-state index < -0.39 is 11.3 Å². The summed E-state index contributed by atoms with van der Waals surface area (Å²) in [6.45, 7) is -0.202. The zero-order valence-electron chi connectivity index (χ0n) is 12.5. The van der Waals surface area contributed by atoms with E-state index in [0.29, 0.717) is 4.99 Å². The van der Waals surface area contributed by atoms with Gasteiger partial charge in [0.15, 0.2) is 6.61 Å². The SMILES string of the molecule is CNC(=S)C1(c2cccnc2)CCCC=C1NOCC(N)=O. The molecule has 4 N–H and O–H groups in total. The summed E-state index contributed by atoms with van der Waals surface area (Å²) in [5.41, 5.74) is 9.22. The van der Waals surface area contributed by atoms with Gasteiger partial charge in [0.2, 0.25) is 5.91 Å². The quantitative estimate of drug-likeness (QED) is 0.534. The van der Waals surface area contributed by atoms with Crippen molar-refractivity contribution in [2.24, 2.45) is 5.73 Å². The molecule has 2 rings (SSSR count). The molecule has 1 aromatic heterocycles. The number of allylic oxidation sites excluding steroid dienone is 1. The normalized spacial score (nSPS) is 20.9. The molecule has 7 heteroatoms. The Morgan fingerprint density at radius 1 is 1.59 bits per heavy atom. The number of primary amides is 1. The predicted octanol–water partition coefficient (Wildman–Crippen LogP) is 0.940. The molecule has 1 aromatic rings. The standard InChI is InChI=1S/C15H20N4O2S/c1-17-14(22)15(11-5-4-8-18-9-11)7-3-2-6-12(15)19-21-10-13(16)20/h4-6,8-9,19H,2-3,7,10H2,1H3,(H2,16,20)(H,17,22). The van der Waals surface area contributed by atoms with Crippen molar-refractivity contribution in [3.63, 3.8) is 0 Å². The highest BCUT2D eigenvalue weighted by Crippen LogP contribution is 2.40. The highest BCUT2D eigenvalue weighted by atomic mass is 32.1. The smallest absolute Gasteiger partial charge is 0.246 e. The number of carbonyl (C=O) groups excluding carboxylic acids is 1. The first kappa shape index (κ1) is 16.4. The average molecular weight is 320 g/mol. The number of carbonyl (C=O) groups is 1. The molecule has 0 saturated carbocycles. The number of hydroxylamine groups is 1. The molecular weight excluding hydrogens is 300 g/mol. The summed E-state index contributed by atoms with van der Waals surface area (Å²) < 4.78 is 0. The summed E-state index contributed by atoms with van der Waals surface area (Å²) in [6.07, 6.45) is 8.31. The molecule has 0 bridgehead atoms. The molecule has 118 valence electrons. The minimum atomic E-state index is -0.535. The van der Waals surface area contributed by atoms with Crippen LogP contribution in [0, 0.1) is 0 Å². The largest absolute Gasteiger partial charge is 0.382 e. The maximum absolute atomic E-state index is 10.9. The molecule has 1 atom stereocenters. The van der Waals surface area contributed by atoms with E-state index >= 15 is 0 Å². The minimum Gasteiger partial charge on any atom is -0.382 e. The fourth-order valence-corrected chi connectivity index (χ4v) is 3.06. The van der Waals surface area contributed by atoms with Crippen molar-refractivity contribution in [3.05, 3.63) is 41.9 Å². The molecule has 0 aromatic carbocycles. The Balaban J connectivity index is 2.37. The molecule has 0 aliphatic heterocycles. The fourth-order valence-electron chi connectivity index (χ4n) is 2.73. The topological polar surface area (TPSA) is 89.3 Å². The number of thiocarbonyl (C=S) groups is 1. The molecule has 1 amide bonds. The van der Waals surface area contributed by atoms with Gasteiger partial charge in [-0.1, -0.05) is 24.4 Å². The monoisotopic (exact) mass is 320 g/mol. The van der Waals surface area contributed by atoms with Crippen LogP contribution in [-0.2, 0) is 15.0 Å². The Hall–Kier alpha value is -1.99. The van der Waals surface area contributed by atoms with Gasteiger partial charge in [-0.2, -0.15) is 0 Å². The van der Waals surface area contributed by atoms with Gasteiger partial charge < -0.3 is 11.1 Å². The first-order valence-electron chi connectivity index (χ1n) is 7.10. The molecule has 0 radical (unpaired) electrons. The first-order chi connectivity index (χ1) is 10.6. The average Bonchev–Trinajstić information content (AvgIpc) is 2.55. The van der Waals surface area contributed by atoms with Gasteiger partial charge in [-0.05, 0) is 30.9 Å². The van der Waals surface area contributed by atoms with Gasteiger partial charge in [0, 0.05) is 19.4 Å². The van der Waals surface area contributed by atoms with Crippen LogP contribution in [0.3, 0.4) is 0 Å². The van der Waals surface area contributed by atoms with Crippen LogP contribution < -0.4 is 16.5 Å². The zero-order valence-corrected chi connectivity index (χ0v) is 13.3. The highest BCUT2D eigenvalue weighted by molar-refractivity contribution is 7.80. The van der Waals surface area contributed by atoms with Crippen molar-refractivity contribution in [3.8, 4) is 0 Å². The number of hydrogen-bond acceptors (Lipinski definition) is 5. The Labute approximate surface area is 135 Å². The summed E-state index contributed by atoms with van der Waals surface area (Å²) >= 11 is 5.58. The van der Waals surface area contributed by atoms with Gasteiger partial charge in [0.1, 0.15) is 0 Å². The summed E-state index contributed by atoms with van der Waals surface area (Å²) in [7, 11) is 1.80. The van der Waals surface area contributed by atoms with Crippen LogP contribution in [0.2, 0.25) is 0 Å². The van der Waals surface area contributed by atoms with Crippen LogP contribution in [0.15, 0.2) is 36.3 Å². The minimum absolute atomic E-state index is 0.202. The molecule has 0 fully saturated rings. The van der Waals surface area contributed by atoms with Gasteiger partial charge in [-0.15, -0.1) is 0 Å². The van der Waals surface area contributed by atoms with E-state index in [1.807, 2.05) is 18.2 Å². The van der Waals surface area contributed by atoms with E-state index in [9.17, 15) is 4.79 Å². The lowest BCUT2D eigenvalue weighted by Gasteiger charge is -2.39. The van der Waals surface area contributed by atoms with Crippen LogP contribution in [0.5, 0.6) is 0 Å². The van der Waals surface area contributed by atoms with Crippen molar-refractivity contribution in [2.45, 2.75) is 24.7 Å². The maximum Gasteiger partial charge on any atom is 0.246 e. The summed E-state index contributed by atoms with van der Waals surface area (Å²) in [5.74, 6) is -0.535. The van der Waals surface area contributed by atoms with E-state index in [1.54, 1.807) is 19.4 Å². The molecule has 22 heavy (non-hydrogen) atoms. The third-order valence-corrected chi connectivity index (χ3v) is 4.28. The number of likely N-dealkylation sites (N-methyl/N-ethyl adjacent to an activating group) is 1. The molecule has 1 unspecified atom stereocenters. The number of nitrogens with one attached hydrogen (secondary N) is 2. The molecule has 1 heterocycles. The van der Waals surface area contributed by atoms with Crippen molar-refractivity contribution >= 4 is 23.1 Å². The molecule has 0 saturated heterocycles. The van der Waals surface area contributed by atoms with Gasteiger partial charge in [0.05, 0.1) is 16.1 Å². The first-order valence-corrected chi connectivity index (χ1v) is 7.51. The summed E-state index contributed by atoms with van der Waals surface area (Å²) in [4.78, 5) is 20.9. The van der Waals surface area contributed by atoms with Crippen LogP contribution in [0.1, 0.15) is 24.8 Å². The third kappa shape index (κ3) is 3.26. The lowest BCUT2D eigenvalue weighted by atomic mass is 9.71. The van der Waals surface area contributed by atoms with Crippen LogP contribution in [0.4, 0.5) is 0 Å². The van der Waals surface area contributed by atoms with Crippen molar-refractivity contribution in [1.82, 2.24) is 15.8 Å². The van der Waals surface area contributed by atoms with Crippen molar-refractivity contribution < 1.29 is 9.63 Å². The zero-order chi connectivity index (χ0) is 16.0. The van der Waals surface area contributed by atoms with E-state index in [1.165, 1.54) is 0 Å².